The van der Waals surface area contributed by atoms with Crippen molar-refractivity contribution in [1.82, 2.24) is 4.47 Å². The van der Waals surface area contributed by atoms with Crippen LogP contribution in [-0.4, -0.2) is 17.0 Å². The molecule has 0 heterocycles. The molecule has 0 bridgehead atoms. The van der Waals surface area contributed by atoms with Crippen LogP contribution in [0.5, 0.6) is 0 Å². The highest BCUT2D eigenvalue weighted by molar-refractivity contribution is 7.78. The predicted octanol–water partition coefficient (Wildman–Crippen LogP) is 3.10. The van der Waals surface area contributed by atoms with Gasteiger partial charge in [0.2, 0.25) is 5.96 Å². The molecule has 0 amide bonds. The monoisotopic (exact) mass is 247 g/mol. The fourth-order valence-electron chi connectivity index (χ4n) is 1.46. The zero-order valence-corrected chi connectivity index (χ0v) is 11.1. The molecule has 0 saturated carbocycles. The summed E-state index contributed by atoms with van der Waals surface area (Å²) in [5.74, 6) is -0.178. The van der Waals surface area contributed by atoms with E-state index in [1.54, 1.807) is 0 Å². The molecule has 4 nitrogen and oxygen atoms in total. The first kappa shape index (κ1) is 15.6. The van der Waals surface area contributed by atoms with Crippen molar-refractivity contribution in [2.24, 2.45) is 5.73 Å². The average molecular weight is 247 g/mol. The molecule has 0 aliphatic rings. The van der Waals surface area contributed by atoms with Crippen LogP contribution in [0.3, 0.4) is 0 Å². The summed E-state index contributed by atoms with van der Waals surface area (Å²) in [6, 6.07) is 0. The Bertz CT molecular complexity index is 179. The van der Waals surface area contributed by atoms with Gasteiger partial charge >= 0.3 is 0 Å². The van der Waals surface area contributed by atoms with Crippen LogP contribution in [0.15, 0.2) is 0 Å². The van der Waals surface area contributed by atoms with Crippen molar-refractivity contribution in [1.29, 1.82) is 5.41 Å². The summed E-state index contributed by atoms with van der Waals surface area (Å²) in [5, 5.41) is 7.01. The Morgan fingerprint density at radius 1 is 1.12 bits per heavy atom. The third-order valence-electron chi connectivity index (χ3n) is 2.42. The van der Waals surface area contributed by atoms with Gasteiger partial charge in [-0.25, -0.2) is 0 Å². The van der Waals surface area contributed by atoms with Crippen LogP contribution >= 0.6 is 12.8 Å². The average Bonchev–Trinajstić information content (AvgIpc) is 2.26. The Morgan fingerprint density at radius 2 is 1.62 bits per heavy atom. The number of unbranched alkanes of at least 4 members (excludes halogenated alkanes) is 7. The smallest absolute Gasteiger partial charge is 0.223 e. The molecule has 0 aromatic heterocycles. The van der Waals surface area contributed by atoms with Crippen LogP contribution in [0.1, 0.15) is 58.3 Å². The highest BCUT2D eigenvalue weighted by Gasteiger charge is 1.99. The van der Waals surface area contributed by atoms with Crippen LogP contribution in [0.4, 0.5) is 0 Å². The topological polar surface area (TPSA) is 62.3 Å². The fraction of sp³-hybridized carbons (Fsp3) is 0.909. The Hall–Kier alpha value is -0.420. The minimum absolute atomic E-state index is 0.178. The third kappa shape index (κ3) is 10.1. The van der Waals surface area contributed by atoms with Gasteiger partial charge in [0.25, 0.3) is 0 Å². The first-order valence-corrected chi connectivity index (χ1v) is 6.54. The summed E-state index contributed by atoms with van der Waals surface area (Å²) in [5.41, 5.74) is 5.15. The standard InChI is InChI=1S/C11H25N3OS/c1-2-3-4-5-6-7-8-9-10-15-14(16)11(12)13/h16H,2-10H2,1H3,(H3,12,13). The first-order valence-electron chi connectivity index (χ1n) is 6.14. The summed E-state index contributed by atoms with van der Waals surface area (Å²) in [6.07, 6.45) is 10.1. The Labute approximate surface area is 105 Å². The number of thiol groups is 1. The van der Waals surface area contributed by atoms with E-state index in [-0.39, 0.29) is 5.96 Å². The summed E-state index contributed by atoms with van der Waals surface area (Å²) in [6.45, 7) is 2.81. The maximum absolute atomic E-state index is 7.01. The number of nitrogens with zero attached hydrogens (tertiary/aromatic N) is 1. The van der Waals surface area contributed by atoms with E-state index >= 15 is 0 Å². The van der Waals surface area contributed by atoms with Crippen molar-refractivity contribution in [2.45, 2.75) is 58.3 Å². The van der Waals surface area contributed by atoms with E-state index in [0.29, 0.717) is 6.61 Å². The van der Waals surface area contributed by atoms with Gasteiger partial charge in [0.15, 0.2) is 0 Å². The second-order valence-corrected chi connectivity index (χ2v) is 4.33. The fourth-order valence-corrected chi connectivity index (χ4v) is 1.54. The maximum atomic E-state index is 7.01. The van der Waals surface area contributed by atoms with E-state index in [9.17, 15) is 0 Å². The van der Waals surface area contributed by atoms with Gasteiger partial charge in [-0.2, -0.15) is 4.47 Å². The molecule has 0 atom stereocenters. The highest BCUT2D eigenvalue weighted by atomic mass is 32.1. The number of hydroxylamine groups is 1. The lowest BCUT2D eigenvalue weighted by Gasteiger charge is -2.13. The second-order valence-electron chi connectivity index (χ2n) is 3.97. The lowest BCUT2D eigenvalue weighted by molar-refractivity contribution is -0.0206. The summed E-state index contributed by atoms with van der Waals surface area (Å²) in [7, 11) is 0. The Kier molecular flexibility index (Phi) is 10.8. The number of hydrogen-bond donors (Lipinski definition) is 3. The maximum Gasteiger partial charge on any atom is 0.223 e. The van der Waals surface area contributed by atoms with Crippen LogP contribution in [-0.2, 0) is 4.84 Å². The van der Waals surface area contributed by atoms with Crippen molar-refractivity contribution in [2.75, 3.05) is 6.61 Å². The van der Waals surface area contributed by atoms with E-state index < -0.39 is 0 Å². The van der Waals surface area contributed by atoms with E-state index in [1.807, 2.05) is 0 Å². The lowest BCUT2D eigenvalue weighted by Crippen LogP contribution is -2.29. The van der Waals surface area contributed by atoms with Gasteiger partial charge in [0.1, 0.15) is 0 Å². The van der Waals surface area contributed by atoms with E-state index in [0.717, 1.165) is 10.9 Å². The number of hydrogen-bond acceptors (Lipinski definition) is 3. The zero-order valence-electron chi connectivity index (χ0n) is 10.2. The Morgan fingerprint density at radius 3 is 2.12 bits per heavy atom. The number of nitrogens with one attached hydrogen (secondary N) is 1. The van der Waals surface area contributed by atoms with Crippen LogP contribution in [0, 0.1) is 5.41 Å². The van der Waals surface area contributed by atoms with Gasteiger partial charge in [-0.1, -0.05) is 51.9 Å². The molecule has 0 saturated heterocycles. The number of guanidine groups is 1. The zero-order chi connectivity index (χ0) is 12.2. The van der Waals surface area contributed by atoms with Crippen molar-refractivity contribution >= 4 is 18.8 Å². The molecule has 96 valence electrons. The quantitative estimate of drug-likeness (QED) is 0.183. The largest absolute Gasteiger partial charge is 0.368 e. The molecule has 3 N–H and O–H groups in total. The summed E-state index contributed by atoms with van der Waals surface area (Å²) >= 11 is 3.87. The van der Waals surface area contributed by atoms with Crippen molar-refractivity contribution in [3.8, 4) is 0 Å². The lowest BCUT2D eigenvalue weighted by atomic mass is 10.1. The van der Waals surface area contributed by atoms with Gasteiger partial charge in [-0.05, 0) is 19.2 Å². The first-order chi connectivity index (χ1) is 7.68. The molecule has 0 spiro atoms. The van der Waals surface area contributed by atoms with Crippen molar-refractivity contribution in [3.63, 3.8) is 0 Å². The molecule has 0 fully saturated rings. The van der Waals surface area contributed by atoms with Crippen LogP contribution in [0.2, 0.25) is 0 Å². The van der Waals surface area contributed by atoms with Gasteiger partial charge in [0, 0.05) is 0 Å². The molecule has 0 aromatic rings. The molecule has 0 aromatic carbocycles. The van der Waals surface area contributed by atoms with E-state index in [4.69, 9.17) is 16.0 Å². The molecule has 0 aliphatic heterocycles. The number of rotatable bonds is 10. The van der Waals surface area contributed by atoms with Gasteiger partial charge in [-0.3, -0.25) is 10.2 Å². The molecule has 16 heavy (non-hydrogen) atoms. The van der Waals surface area contributed by atoms with Crippen LogP contribution < -0.4 is 5.73 Å². The molecule has 0 aliphatic carbocycles. The van der Waals surface area contributed by atoms with E-state index in [1.165, 1.54) is 44.9 Å². The normalized spacial score (nSPS) is 10.4. The minimum atomic E-state index is -0.178. The SMILES string of the molecule is CCCCCCCCCCON(S)C(=N)N. The van der Waals surface area contributed by atoms with Crippen molar-refractivity contribution in [3.05, 3.63) is 0 Å². The molecule has 5 heteroatoms. The highest BCUT2D eigenvalue weighted by Crippen LogP contribution is 2.08. The molecular weight excluding hydrogens is 222 g/mol. The van der Waals surface area contributed by atoms with Gasteiger partial charge in [0.05, 0.1) is 6.61 Å². The summed E-state index contributed by atoms with van der Waals surface area (Å²) < 4.78 is 1.00. The van der Waals surface area contributed by atoms with E-state index in [2.05, 4.69) is 19.7 Å². The molecular formula is C11H25N3OS. The third-order valence-corrected chi connectivity index (χ3v) is 2.75. The predicted molar refractivity (Wildman–Crippen MR) is 71.3 cm³/mol. The molecule has 0 unspecified atom stereocenters. The van der Waals surface area contributed by atoms with Gasteiger partial charge in [-0.15, -0.1) is 0 Å². The van der Waals surface area contributed by atoms with Crippen molar-refractivity contribution < 1.29 is 4.84 Å². The van der Waals surface area contributed by atoms with Crippen LogP contribution in [0.25, 0.3) is 0 Å². The van der Waals surface area contributed by atoms with Gasteiger partial charge < -0.3 is 5.73 Å². The molecule has 0 radical (unpaired) electrons. The summed E-state index contributed by atoms with van der Waals surface area (Å²) in [4.78, 5) is 5.10. The minimum Gasteiger partial charge on any atom is -0.368 e. The number of nitrogens with two attached hydrogens (primary N) is 1. The molecule has 0 rings (SSSR count). The Balaban J connectivity index is 3.07. The second kappa shape index (κ2) is 11.1.